The van der Waals surface area contributed by atoms with E-state index in [4.69, 9.17) is 14.7 Å². The van der Waals surface area contributed by atoms with Gasteiger partial charge in [0.05, 0.1) is 0 Å². The van der Waals surface area contributed by atoms with Crippen molar-refractivity contribution in [1.82, 2.24) is 9.97 Å². The Kier molecular flexibility index (Phi) is 5.81. The lowest BCUT2D eigenvalue weighted by molar-refractivity contribution is 0.306. The standard InChI is InChI=1S/C27H27N5O/c1-31(2)26-18-25(29-27(30-26)32-16-15-21-11-6-7-14-24(21)32)28-22-12-8-13-23(17-22)33-19-20-9-4-3-5-10-20/h3-14,17-18H,15-16,19H2,1-2H3,(H,28,29,30). The topological polar surface area (TPSA) is 53.5 Å². The van der Waals surface area contributed by atoms with Crippen LogP contribution in [0.2, 0.25) is 0 Å². The first-order valence-corrected chi connectivity index (χ1v) is 11.1. The number of ether oxygens (including phenoxy) is 1. The molecule has 33 heavy (non-hydrogen) atoms. The highest BCUT2D eigenvalue weighted by molar-refractivity contribution is 5.69. The second-order valence-corrected chi connectivity index (χ2v) is 8.26. The van der Waals surface area contributed by atoms with Crippen molar-refractivity contribution in [2.24, 2.45) is 0 Å². The van der Waals surface area contributed by atoms with E-state index in [1.54, 1.807) is 0 Å². The zero-order valence-corrected chi connectivity index (χ0v) is 18.9. The van der Waals surface area contributed by atoms with Crippen molar-refractivity contribution in [1.29, 1.82) is 0 Å². The molecule has 1 N–H and O–H groups in total. The summed E-state index contributed by atoms with van der Waals surface area (Å²) in [5, 5.41) is 3.44. The van der Waals surface area contributed by atoms with Crippen molar-refractivity contribution in [3.05, 3.63) is 96.1 Å². The zero-order valence-electron chi connectivity index (χ0n) is 18.9. The zero-order chi connectivity index (χ0) is 22.6. The molecule has 0 unspecified atom stereocenters. The second-order valence-electron chi connectivity index (χ2n) is 8.26. The van der Waals surface area contributed by atoms with Crippen LogP contribution in [0.3, 0.4) is 0 Å². The molecule has 3 aromatic carbocycles. The molecule has 0 aliphatic carbocycles. The maximum absolute atomic E-state index is 5.99. The largest absolute Gasteiger partial charge is 0.489 e. The highest BCUT2D eigenvalue weighted by atomic mass is 16.5. The molecular weight excluding hydrogens is 410 g/mol. The first-order chi connectivity index (χ1) is 16.2. The van der Waals surface area contributed by atoms with Crippen LogP contribution in [0.15, 0.2) is 84.9 Å². The fourth-order valence-electron chi connectivity index (χ4n) is 3.93. The Hall–Kier alpha value is -4.06. The van der Waals surface area contributed by atoms with Gasteiger partial charge in [0, 0.05) is 44.1 Å². The first-order valence-electron chi connectivity index (χ1n) is 11.1. The Balaban J connectivity index is 1.38. The number of rotatable bonds is 7. The van der Waals surface area contributed by atoms with E-state index >= 15 is 0 Å². The molecule has 0 saturated heterocycles. The van der Waals surface area contributed by atoms with E-state index in [9.17, 15) is 0 Å². The van der Waals surface area contributed by atoms with Crippen molar-refractivity contribution in [2.45, 2.75) is 13.0 Å². The summed E-state index contributed by atoms with van der Waals surface area (Å²) >= 11 is 0. The summed E-state index contributed by atoms with van der Waals surface area (Å²) < 4.78 is 5.99. The Labute approximate surface area is 194 Å². The van der Waals surface area contributed by atoms with Crippen LogP contribution in [0.5, 0.6) is 5.75 Å². The molecule has 5 rings (SSSR count). The van der Waals surface area contributed by atoms with E-state index in [0.717, 1.165) is 41.6 Å². The third-order valence-corrected chi connectivity index (χ3v) is 5.64. The number of fused-ring (bicyclic) bond motifs is 1. The van der Waals surface area contributed by atoms with Gasteiger partial charge in [-0.2, -0.15) is 9.97 Å². The number of hydrogen-bond donors (Lipinski definition) is 1. The van der Waals surface area contributed by atoms with Gasteiger partial charge in [-0.3, -0.25) is 0 Å². The lowest BCUT2D eigenvalue weighted by Gasteiger charge is -2.21. The molecule has 2 heterocycles. The number of hydrogen-bond acceptors (Lipinski definition) is 6. The van der Waals surface area contributed by atoms with E-state index < -0.39 is 0 Å². The quantitative estimate of drug-likeness (QED) is 0.409. The van der Waals surface area contributed by atoms with Crippen LogP contribution in [0.25, 0.3) is 0 Å². The number of anilines is 5. The summed E-state index contributed by atoms with van der Waals surface area (Å²) in [6.07, 6.45) is 0.995. The normalized spacial score (nSPS) is 12.4. The summed E-state index contributed by atoms with van der Waals surface area (Å²) in [5.41, 5.74) is 4.55. The molecular formula is C27H27N5O. The summed E-state index contributed by atoms with van der Waals surface area (Å²) in [4.78, 5) is 13.8. The fraction of sp³-hybridized carbons (Fsp3) is 0.185. The maximum Gasteiger partial charge on any atom is 0.233 e. The van der Waals surface area contributed by atoms with Crippen molar-refractivity contribution >= 4 is 29.0 Å². The van der Waals surface area contributed by atoms with Crippen LogP contribution in [-0.2, 0) is 13.0 Å². The number of para-hydroxylation sites is 1. The van der Waals surface area contributed by atoms with Crippen LogP contribution in [0.4, 0.5) is 29.0 Å². The Morgan fingerprint density at radius 1 is 0.909 bits per heavy atom. The Bertz CT molecular complexity index is 1240. The molecule has 0 radical (unpaired) electrons. The van der Waals surface area contributed by atoms with Crippen molar-refractivity contribution in [2.75, 3.05) is 35.8 Å². The third-order valence-electron chi connectivity index (χ3n) is 5.64. The molecule has 6 nitrogen and oxygen atoms in total. The van der Waals surface area contributed by atoms with Crippen LogP contribution >= 0.6 is 0 Å². The van der Waals surface area contributed by atoms with E-state index in [1.165, 1.54) is 11.3 Å². The van der Waals surface area contributed by atoms with E-state index in [2.05, 4.69) is 46.6 Å². The lowest BCUT2D eigenvalue weighted by Crippen LogP contribution is -2.19. The Morgan fingerprint density at radius 2 is 1.73 bits per heavy atom. The van der Waals surface area contributed by atoms with Crippen LogP contribution in [0, 0.1) is 0 Å². The van der Waals surface area contributed by atoms with E-state index in [1.807, 2.05) is 67.5 Å². The van der Waals surface area contributed by atoms with Gasteiger partial charge in [-0.1, -0.05) is 54.6 Å². The fourth-order valence-corrected chi connectivity index (χ4v) is 3.93. The number of nitrogens with one attached hydrogen (secondary N) is 1. The van der Waals surface area contributed by atoms with Crippen LogP contribution in [0.1, 0.15) is 11.1 Å². The van der Waals surface area contributed by atoms with Gasteiger partial charge in [-0.25, -0.2) is 0 Å². The maximum atomic E-state index is 5.99. The second kappa shape index (κ2) is 9.20. The summed E-state index contributed by atoms with van der Waals surface area (Å²) in [7, 11) is 3.98. The van der Waals surface area contributed by atoms with Crippen LogP contribution < -0.4 is 19.9 Å². The smallest absolute Gasteiger partial charge is 0.233 e. The summed E-state index contributed by atoms with van der Waals surface area (Å²) in [5.74, 6) is 3.10. The molecule has 0 amide bonds. The van der Waals surface area contributed by atoms with Crippen molar-refractivity contribution < 1.29 is 4.74 Å². The van der Waals surface area contributed by atoms with Gasteiger partial charge in [-0.05, 0) is 35.7 Å². The summed E-state index contributed by atoms with van der Waals surface area (Å²) in [6, 6.07) is 28.5. The molecule has 1 aliphatic heterocycles. The van der Waals surface area contributed by atoms with Crippen molar-refractivity contribution in [3.63, 3.8) is 0 Å². The molecule has 0 bridgehead atoms. The first kappa shape index (κ1) is 20.8. The predicted molar refractivity (Wildman–Crippen MR) is 134 cm³/mol. The van der Waals surface area contributed by atoms with Gasteiger partial charge in [-0.15, -0.1) is 0 Å². The molecule has 6 heteroatoms. The molecule has 166 valence electrons. The predicted octanol–water partition coefficient (Wildman–Crippen LogP) is 5.56. The molecule has 0 fully saturated rings. The molecule has 0 spiro atoms. The number of benzene rings is 3. The average Bonchev–Trinajstić information content (AvgIpc) is 3.28. The third kappa shape index (κ3) is 4.75. The van der Waals surface area contributed by atoms with Crippen molar-refractivity contribution in [3.8, 4) is 5.75 Å². The van der Waals surface area contributed by atoms with Gasteiger partial charge < -0.3 is 19.9 Å². The monoisotopic (exact) mass is 437 g/mol. The van der Waals surface area contributed by atoms with Gasteiger partial charge in [0.1, 0.15) is 24.0 Å². The number of aromatic nitrogens is 2. The number of nitrogens with zero attached hydrogens (tertiary/aromatic N) is 4. The highest BCUT2D eigenvalue weighted by Crippen LogP contribution is 2.34. The van der Waals surface area contributed by atoms with E-state index in [0.29, 0.717) is 12.6 Å². The molecule has 0 atom stereocenters. The molecule has 1 aliphatic rings. The van der Waals surface area contributed by atoms with Gasteiger partial charge in [0.15, 0.2) is 0 Å². The minimum atomic E-state index is 0.529. The molecule has 4 aromatic rings. The van der Waals surface area contributed by atoms with Gasteiger partial charge in [0.25, 0.3) is 0 Å². The van der Waals surface area contributed by atoms with Gasteiger partial charge in [0.2, 0.25) is 5.95 Å². The SMILES string of the molecule is CN(C)c1cc(Nc2cccc(OCc3ccccc3)c2)nc(N2CCc3ccccc32)n1. The lowest BCUT2D eigenvalue weighted by atomic mass is 10.2. The highest BCUT2D eigenvalue weighted by Gasteiger charge is 2.23. The Morgan fingerprint density at radius 3 is 2.58 bits per heavy atom. The van der Waals surface area contributed by atoms with Crippen LogP contribution in [-0.4, -0.2) is 30.6 Å². The minimum absolute atomic E-state index is 0.529. The van der Waals surface area contributed by atoms with Gasteiger partial charge >= 0.3 is 0 Å². The average molecular weight is 438 g/mol. The molecule has 0 saturated carbocycles. The minimum Gasteiger partial charge on any atom is -0.489 e. The molecule has 1 aromatic heterocycles. The van der Waals surface area contributed by atoms with E-state index in [-0.39, 0.29) is 0 Å². The summed E-state index contributed by atoms with van der Waals surface area (Å²) in [6.45, 7) is 1.40.